The van der Waals surface area contributed by atoms with Crippen LogP contribution in [0.3, 0.4) is 0 Å². The molecule has 9 nitrogen and oxygen atoms in total. The quantitative estimate of drug-likeness (QED) is 0.476. The number of ether oxygens (including phenoxy) is 1. The van der Waals surface area contributed by atoms with E-state index >= 15 is 0 Å². The molecule has 33 heavy (non-hydrogen) atoms. The van der Waals surface area contributed by atoms with Crippen LogP contribution >= 0.6 is 0 Å². The van der Waals surface area contributed by atoms with Crippen LogP contribution in [0.2, 0.25) is 0 Å². The molecule has 2 amide bonds. The summed E-state index contributed by atoms with van der Waals surface area (Å²) in [5, 5.41) is 10.8. The van der Waals surface area contributed by atoms with Crippen LogP contribution in [0.15, 0.2) is 54.9 Å². The minimum atomic E-state index is -0.704. The van der Waals surface area contributed by atoms with Crippen LogP contribution in [0, 0.1) is 0 Å². The van der Waals surface area contributed by atoms with Gasteiger partial charge in [0, 0.05) is 24.6 Å². The number of hydrogen-bond acceptors (Lipinski definition) is 6. The number of carbonyl (C=O) groups excluding carboxylic acids is 3. The molecule has 1 unspecified atom stereocenters. The van der Waals surface area contributed by atoms with Gasteiger partial charge in [-0.15, -0.1) is 0 Å². The number of aromatic nitrogens is 3. The van der Waals surface area contributed by atoms with Gasteiger partial charge in [-0.2, -0.15) is 15.0 Å². The Morgan fingerprint density at radius 3 is 2.58 bits per heavy atom. The summed E-state index contributed by atoms with van der Waals surface area (Å²) in [6.45, 7) is 1.20. The van der Waals surface area contributed by atoms with E-state index in [1.54, 1.807) is 29.3 Å². The van der Waals surface area contributed by atoms with Gasteiger partial charge in [-0.3, -0.25) is 9.59 Å². The fourth-order valence-electron chi connectivity index (χ4n) is 3.92. The van der Waals surface area contributed by atoms with Gasteiger partial charge in [0.05, 0.1) is 25.5 Å². The summed E-state index contributed by atoms with van der Waals surface area (Å²) in [6.07, 6.45) is 4.53. The Bertz CT molecular complexity index is 1130. The van der Waals surface area contributed by atoms with Gasteiger partial charge in [-0.25, -0.2) is 0 Å². The Balaban J connectivity index is 1.45. The minimum Gasteiger partial charge on any atom is -0.489 e. The van der Waals surface area contributed by atoms with E-state index in [0.29, 0.717) is 24.5 Å². The number of fused-ring (bicyclic) bond motifs is 1. The number of benzene rings is 2. The number of likely N-dealkylation sites (N-methyl/N-ethyl adjacent to an activating group) is 1. The Morgan fingerprint density at radius 2 is 1.88 bits per heavy atom. The van der Waals surface area contributed by atoms with Crippen LogP contribution in [0.5, 0.6) is 5.75 Å². The summed E-state index contributed by atoms with van der Waals surface area (Å²) in [7, 11) is 1.52. The monoisotopic (exact) mass is 447 g/mol. The minimum absolute atomic E-state index is 0.202. The molecule has 0 aliphatic carbocycles. The molecule has 0 spiro atoms. The molecule has 1 atom stereocenters. The molecule has 170 valence electrons. The van der Waals surface area contributed by atoms with Crippen LogP contribution in [-0.4, -0.2) is 51.1 Å². The van der Waals surface area contributed by atoms with Crippen LogP contribution in [-0.2, 0) is 29.3 Å². The third kappa shape index (κ3) is 4.92. The maximum Gasteiger partial charge on any atom is 0.255 e. The van der Waals surface area contributed by atoms with Crippen LogP contribution in [0.1, 0.15) is 39.9 Å². The lowest BCUT2D eigenvalue weighted by molar-refractivity contribution is -0.125. The van der Waals surface area contributed by atoms with Crippen molar-refractivity contribution in [2.75, 3.05) is 7.05 Å². The molecule has 1 aromatic heterocycles. The molecule has 1 aliphatic rings. The van der Waals surface area contributed by atoms with E-state index in [0.717, 1.165) is 23.0 Å². The molecule has 1 N–H and O–H groups in total. The molecule has 0 saturated heterocycles. The molecule has 0 bridgehead atoms. The Labute approximate surface area is 191 Å². The average Bonchev–Trinajstić information content (AvgIpc) is 3.47. The first-order chi connectivity index (χ1) is 16.1. The predicted octanol–water partition coefficient (Wildman–Crippen LogP) is 1.95. The summed E-state index contributed by atoms with van der Waals surface area (Å²) in [6, 6.07) is 12.6. The number of nitrogens with one attached hydrogen (secondary N) is 1. The van der Waals surface area contributed by atoms with E-state index in [9.17, 15) is 14.4 Å². The first-order valence-electron chi connectivity index (χ1n) is 10.7. The summed E-state index contributed by atoms with van der Waals surface area (Å²) < 4.78 is 6.06. The highest BCUT2D eigenvalue weighted by Crippen LogP contribution is 2.33. The van der Waals surface area contributed by atoms with Gasteiger partial charge in [-0.1, -0.05) is 30.3 Å². The maximum atomic E-state index is 13.0. The molecular formula is C24H25N5O4. The lowest BCUT2D eigenvalue weighted by atomic mass is 10.1. The van der Waals surface area contributed by atoms with Crippen molar-refractivity contribution in [3.63, 3.8) is 0 Å². The summed E-state index contributed by atoms with van der Waals surface area (Å²) in [4.78, 5) is 39.3. The predicted molar refractivity (Wildman–Crippen MR) is 119 cm³/mol. The zero-order valence-electron chi connectivity index (χ0n) is 18.3. The smallest absolute Gasteiger partial charge is 0.255 e. The van der Waals surface area contributed by atoms with Crippen molar-refractivity contribution in [2.24, 2.45) is 0 Å². The van der Waals surface area contributed by atoms with Crippen LogP contribution < -0.4 is 10.1 Å². The highest BCUT2D eigenvalue weighted by atomic mass is 16.5. The molecule has 0 fully saturated rings. The molecule has 2 heterocycles. The molecule has 1 aliphatic heterocycles. The zero-order valence-corrected chi connectivity index (χ0v) is 18.3. The Hall–Kier alpha value is -4.01. The maximum absolute atomic E-state index is 13.0. The average molecular weight is 447 g/mol. The van der Waals surface area contributed by atoms with E-state index in [1.807, 2.05) is 30.3 Å². The summed E-state index contributed by atoms with van der Waals surface area (Å²) in [5.41, 5.74) is 3.34. The van der Waals surface area contributed by atoms with Crippen molar-refractivity contribution in [2.45, 2.75) is 38.6 Å². The van der Waals surface area contributed by atoms with E-state index < -0.39 is 6.04 Å². The molecule has 2 aromatic carbocycles. The van der Waals surface area contributed by atoms with Crippen molar-refractivity contribution in [3.05, 3.63) is 77.1 Å². The number of hydrogen-bond donors (Lipinski definition) is 1. The van der Waals surface area contributed by atoms with E-state index in [2.05, 4.69) is 15.5 Å². The molecule has 9 heteroatoms. The molecule has 4 rings (SSSR count). The number of nitrogens with zero attached hydrogens (tertiary/aromatic N) is 4. The molecule has 0 radical (unpaired) electrons. The number of carbonyl (C=O) groups is 3. The van der Waals surface area contributed by atoms with Crippen molar-refractivity contribution in [1.82, 2.24) is 25.2 Å². The van der Waals surface area contributed by atoms with Crippen molar-refractivity contribution in [3.8, 4) is 5.75 Å². The number of aldehydes is 1. The van der Waals surface area contributed by atoms with Gasteiger partial charge >= 0.3 is 0 Å². The second kappa shape index (κ2) is 10.1. The van der Waals surface area contributed by atoms with E-state index in [4.69, 9.17) is 4.74 Å². The lowest BCUT2D eigenvalue weighted by Crippen LogP contribution is -2.46. The first kappa shape index (κ1) is 22.2. The fourth-order valence-corrected chi connectivity index (χ4v) is 3.92. The molecule has 3 aromatic rings. The van der Waals surface area contributed by atoms with Gasteiger partial charge in [0.25, 0.3) is 5.91 Å². The van der Waals surface area contributed by atoms with Gasteiger partial charge in [0.15, 0.2) is 0 Å². The van der Waals surface area contributed by atoms with Crippen LogP contribution in [0.25, 0.3) is 0 Å². The summed E-state index contributed by atoms with van der Waals surface area (Å²) >= 11 is 0. The highest BCUT2D eigenvalue weighted by molar-refractivity contribution is 6.01. The Kier molecular flexibility index (Phi) is 6.77. The fraction of sp³-hybridized carbons (Fsp3) is 0.292. The standard InChI is InChI=1S/C24H25N5O4/c1-25-23(31)21(5-3-13-30)28-15-20-19(24(28)32)4-2-6-22(20)33-16-18-9-7-17(8-10-18)14-29-26-11-12-27-29/h2,4,6-13,21H,3,5,14-16H2,1H3,(H,25,31). The van der Waals surface area contributed by atoms with Crippen LogP contribution in [0.4, 0.5) is 0 Å². The van der Waals surface area contributed by atoms with Crippen molar-refractivity contribution < 1.29 is 19.1 Å². The van der Waals surface area contributed by atoms with Crippen molar-refractivity contribution in [1.29, 1.82) is 0 Å². The highest BCUT2D eigenvalue weighted by Gasteiger charge is 2.37. The normalized spacial score (nSPS) is 13.5. The van der Waals surface area contributed by atoms with Gasteiger partial charge in [-0.05, 0) is 29.7 Å². The largest absolute Gasteiger partial charge is 0.489 e. The lowest BCUT2D eigenvalue weighted by Gasteiger charge is -2.25. The van der Waals surface area contributed by atoms with Gasteiger partial charge in [0.2, 0.25) is 5.91 Å². The Morgan fingerprint density at radius 1 is 1.15 bits per heavy atom. The van der Waals surface area contributed by atoms with Gasteiger partial charge in [0.1, 0.15) is 24.7 Å². The number of amides is 2. The third-order valence-corrected chi connectivity index (χ3v) is 5.64. The first-order valence-corrected chi connectivity index (χ1v) is 10.7. The van der Waals surface area contributed by atoms with E-state index in [1.165, 1.54) is 11.9 Å². The SMILES string of the molecule is CNC(=O)C(CCC=O)N1Cc2c(OCc3ccc(Cn4nccn4)cc3)cccc2C1=O. The second-order valence-corrected chi connectivity index (χ2v) is 7.75. The molecular weight excluding hydrogens is 422 g/mol. The van der Waals surface area contributed by atoms with E-state index in [-0.39, 0.29) is 31.2 Å². The van der Waals surface area contributed by atoms with Gasteiger partial charge < -0.3 is 19.7 Å². The second-order valence-electron chi connectivity index (χ2n) is 7.75. The number of rotatable bonds is 10. The summed E-state index contributed by atoms with van der Waals surface area (Å²) in [5.74, 6) is 0.0941. The third-order valence-electron chi connectivity index (χ3n) is 5.64. The molecule has 0 saturated carbocycles. The topological polar surface area (TPSA) is 106 Å². The zero-order chi connectivity index (χ0) is 23.2. The van der Waals surface area contributed by atoms with Crippen molar-refractivity contribution >= 4 is 18.1 Å².